The second-order valence-corrected chi connectivity index (χ2v) is 8.18. The van der Waals surface area contributed by atoms with Gasteiger partial charge < -0.3 is 5.32 Å². The number of hydrogen-bond acceptors (Lipinski definition) is 3. The summed E-state index contributed by atoms with van der Waals surface area (Å²) >= 11 is 5.90. The molecule has 1 aromatic rings. The molecule has 2 rings (SSSR count). The Kier molecular flexibility index (Phi) is 6.00. The maximum Gasteiger partial charge on any atom is 0.224 e. The van der Waals surface area contributed by atoms with E-state index in [0.717, 1.165) is 0 Å². The van der Waals surface area contributed by atoms with Gasteiger partial charge in [0.25, 0.3) is 0 Å². The molecule has 0 saturated carbocycles. The first-order valence-electron chi connectivity index (χ1n) is 7.42. The fraction of sp³-hybridized carbons (Fsp3) is 0.533. The molecule has 1 saturated heterocycles. The minimum absolute atomic E-state index is 0.103. The van der Waals surface area contributed by atoms with Gasteiger partial charge in [-0.2, -0.15) is 0 Å². The number of piperidine rings is 1. The number of benzene rings is 1. The first-order valence-corrected chi connectivity index (χ1v) is 9.64. The molecule has 0 unspecified atom stereocenters. The van der Waals surface area contributed by atoms with Crippen molar-refractivity contribution in [3.63, 3.8) is 0 Å². The van der Waals surface area contributed by atoms with Crippen LogP contribution < -0.4 is 5.32 Å². The Bertz CT molecular complexity index is 653. The average molecular weight is 363 g/mol. The maximum atomic E-state index is 13.6. The lowest BCUT2D eigenvalue weighted by atomic mass is 9.98. The molecule has 1 N–H and O–H groups in total. The van der Waals surface area contributed by atoms with E-state index in [0.29, 0.717) is 32.5 Å². The Morgan fingerprint density at radius 1 is 1.39 bits per heavy atom. The first-order chi connectivity index (χ1) is 10.8. The van der Waals surface area contributed by atoms with Crippen LogP contribution in [0.15, 0.2) is 18.2 Å². The van der Waals surface area contributed by atoms with Crippen molar-refractivity contribution in [3.8, 4) is 0 Å². The van der Waals surface area contributed by atoms with Crippen molar-refractivity contribution < 1.29 is 17.6 Å². The Balaban J connectivity index is 1.80. The van der Waals surface area contributed by atoms with E-state index in [4.69, 9.17) is 11.6 Å². The van der Waals surface area contributed by atoms with Crippen molar-refractivity contribution in [2.45, 2.75) is 19.3 Å². The van der Waals surface area contributed by atoms with Crippen LogP contribution in [0.3, 0.4) is 0 Å². The lowest BCUT2D eigenvalue weighted by Crippen LogP contribution is -2.41. The summed E-state index contributed by atoms with van der Waals surface area (Å²) in [5.41, 5.74) is 0.193. The quantitative estimate of drug-likeness (QED) is 0.868. The van der Waals surface area contributed by atoms with Crippen LogP contribution in [0.1, 0.15) is 18.4 Å². The molecule has 1 aromatic carbocycles. The summed E-state index contributed by atoms with van der Waals surface area (Å²) in [5.74, 6) is -0.551. The number of sulfonamides is 1. The fourth-order valence-electron chi connectivity index (χ4n) is 2.63. The van der Waals surface area contributed by atoms with Crippen LogP contribution >= 0.6 is 11.6 Å². The highest BCUT2D eigenvalue weighted by atomic mass is 35.5. The number of hydrogen-bond donors (Lipinski definition) is 1. The van der Waals surface area contributed by atoms with Crippen LogP contribution in [-0.4, -0.2) is 44.5 Å². The molecular formula is C15H20ClFN2O3S. The second kappa shape index (κ2) is 7.59. The zero-order valence-corrected chi connectivity index (χ0v) is 14.5. The Morgan fingerprint density at radius 3 is 2.61 bits per heavy atom. The van der Waals surface area contributed by atoms with Crippen LogP contribution in [0.25, 0.3) is 0 Å². The van der Waals surface area contributed by atoms with Gasteiger partial charge in [-0.3, -0.25) is 4.79 Å². The number of amides is 1. The standard InChI is InChI=1S/C15H20ClFN2O3S/c1-23(21,22)19-7-5-11(6-8-19)10-18-15(20)9-12-13(16)3-2-4-14(12)17/h2-4,11H,5-10H2,1H3,(H,18,20). The van der Waals surface area contributed by atoms with E-state index in [9.17, 15) is 17.6 Å². The minimum atomic E-state index is -3.14. The van der Waals surface area contributed by atoms with Gasteiger partial charge in [0.1, 0.15) is 5.82 Å². The molecule has 1 amide bonds. The second-order valence-electron chi connectivity index (χ2n) is 5.79. The lowest BCUT2D eigenvalue weighted by molar-refractivity contribution is -0.120. The van der Waals surface area contributed by atoms with Gasteiger partial charge in [-0.1, -0.05) is 17.7 Å². The zero-order valence-electron chi connectivity index (χ0n) is 12.9. The number of nitrogens with one attached hydrogen (secondary N) is 1. The SMILES string of the molecule is CS(=O)(=O)N1CCC(CNC(=O)Cc2c(F)cccc2Cl)CC1. The van der Waals surface area contributed by atoms with Gasteiger partial charge >= 0.3 is 0 Å². The summed E-state index contributed by atoms with van der Waals surface area (Å²) in [6.07, 6.45) is 2.50. The van der Waals surface area contributed by atoms with Crippen molar-refractivity contribution in [2.24, 2.45) is 5.92 Å². The normalized spacial score (nSPS) is 17.2. The van der Waals surface area contributed by atoms with E-state index in [1.165, 1.54) is 22.7 Å². The molecule has 0 radical (unpaired) electrons. The van der Waals surface area contributed by atoms with Gasteiger partial charge in [0.2, 0.25) is 15.9 Å². The van der Waals surface area contributed by atoms with Gasteiger partial charge in [-0.05, 0) is 30.9 Å². The highest BCUT2D eigenvalue weighted by Crippen LogP contribution is 2.20. The first kappa shape index (κ1) is 18.2. The van der Waals surface area contributed by atoms with Crippen LogP contribution in [0, 0.1) is 11.7 Å². The lowest BCUT2D eigenvalue weighted by Gasteiger charge is -2.30. The molecular weight excluding hydrogens is 343 g/mol. The van der Waals surface area contributed by atoms with Crippen LogP contribution in [0.5, 0.6) is 0 Å². The molecule has 1 fully saturated rings. The van der Waals surface area contributed by atoms with Crippen molar-refractivity contribution in [3.05, 3.63) is 34.6 Å². The summed E-state index contributed by atoms with van der Waals surface area (Å²) in [7, 11) is -3.14. The molecule has 0 spiro atoms. The molecule has 23 heavy (non-hydrogen) atoms. The third kappa shape index (κ3) is 5.16. The Morgan fingerprint density at radius 2 is 2.04 bits per heavy atom. The predicted molar refractivity (Wildman–Crippen MR) is 87.3 cm³/mol. The van der Waals surface area contributed by atoms with Crippen molar-refractivity contribution in [1.82, 2.24) is 9.62 Å². The van der Waals surface area contributed by atoms with Gasteiger partial charge in [0.15, 0.2) is 0 Å². The highest BCUT2D eigenvalue weighted by molar-refractivity contribution is 7.88. The summed E-state index contributed by atoms with van der Waals surface area (Å²) < 4.78 is 38.0. The monoisotopic (exact) mass is 362 g/mol. The maximum absolute atomic E-state index is 13.6. The van der Waals surface area contributed by atoms with E-state index in [2.05, 4.69) is 5.32 Å². The molecule has 8 heteroatoms. The minimum Gasteiger partial charge on any atom is -0.356 e. The third-order valence-corrected chi connectivity index (χ3v) is 5.69. The fourth-order valence-corrected chi connectivity index (χ4v) is 3.73. The molecule has 1 aliphatic rings. The van der Waals surface area contributed by atoms with Crippen molar-refractivity contribution in [1.29, 1.82) is 0 Å². The summed E-state index contributed by atoms with van der Waals surface area (Å²) in [4.78, 5) is 11.9. The van der Waals surface area contributed by atoms with Gasteiger partial charge in [-0.15, -0.1) is 0 Å². The van der Waals surface area contributed by atoms with E-state index in [1.54, 1.807) is 6.07 Å². The van der Waals surface area contributed by atoms with Gasteiger partial charge in [0, 0.05) is 30.2 Å². The molecule has 0 aromatic heterocycles. The number of carbonyl (C=O) groups is 1. The van der Waals surface area contributed by atoms with E-state index < -0.39 is 15.8 Å². The zero-order chi connectivity index (χ0) is 17.0. The molecule has 0 atom stereocenters. The molecule has 1 aliphatic heterocycles. The van der Waals surface area contributed by atoms with Crippen molar-refractivity contribution in [2.75, 3.05) is 25.9 Å². The van der Waals surface area contributed by atoms with Gasteiger partial charge in [0.05, 0.1) is 12.7 Å². The predicted octanol–water partition coefficient (Wildman–Crippen LogP) is 1.81. The smallest absolute Gasteiger partial charge is 0.224 e. The molecule has 0 aliphatic carbocycles. The summed E-state index contributed by atoms with van der Waals surface area (Å²) in [5, 5.41) is 3.01. The topological polar surface area (TPSA) is 66.5 Å². The Labute approximate surface area is 140 Å². The molecule has 128 valence electrons. The summed E-state index contributed by atoms with van der Waals surface area (Å²) in [6, 6.07) is 4.32. The number of carbonyl (C=O) groups excluding carboxylic acids is 1. The molecule has 0 bridgehead atoms. The third-order valence-electron chi connectivity index (χ3n) is 4.03. The highest BCUT2D eigenvalue weighted by Gasteiger charge is 2.25. The van der Waals surface area contributed by atoms with Crippen LogP contribution in [-0.2, 0) is 21.2 Å². The van der Waals surface area contributed by atoms with E-state index >= 15 is 0 Å². The van der Waals surface area contributed by atoms with Crippen molar-refractivity contribution >= 4 is 27.5 Å². The summed E-state index contributed by atoms with van der Waals surface area (Å²) in [6.45, 7) is 1.40. The average Bonchev–Trinajstić information content (AvgIpc) is 2.48. The number of rotatable bonds is 5. The molecule has 1 heterocycles. The van der Waals surface area contributed by atoms with Crippen LogP contribution in [0.2, 0.25) is 5.02 Å². The molecule has 5 nitrogen and oxygen atoms in total. The van der Waals surface area contributed by atoms with Gasteiger partial charge in [-0.25, -0.2) is 17.1 Å². The van der Waals surface area contributed by atoms with E-state index in [-0.39, 0.29) is 28.8 Å². The Hall–Kier alpha value is -1.18. The number of nitrogens with zero attached hydrogens (tertiary/aromatic N) is 1. The largest absolute Gasteiger partial charge is 0.356 e. The van der Waals surface area contributed by atoms with Crippen LogP contribution in [0.4, 0.5) is 4.39 Å². The number of halogens is 2. The van der Waals surface area contributed by atoms with E-state index in [1.807, 2.05) is 0 Å².